The molecule has 0 N–H and O–H groups in total. The second-order valence-corrected chi connectivity index (χ2v) is 7.68. The van der Waals surface area contributed by atoms with Gasteiger partial charge in [0.1, 0.15) is 5.75 Å². The molecule has 2 aromatic rings. The minimum absolute atomic E-state index is 0.277. The van der Waals surface area contributed by atoms with Gasteiger partial charge in [-0.25, -0.2) is 9.79 Å². The van der Waals surface area contributed by atoms with Crippen LogP contribution in [0.1, 0.15) is 10.4 Å². The number of halogens is 2. The number of hydrogen-bond donors (Lipinski definition) is 0. The first-order chi connectivity index (χ1) is 10.6. The average Bonchev–Trinajstić information content (AvgIpc) is 3.09. The predicted molar refractivity (Wildman–Crippen MR) is 103 cm³/mol. The zero-order valence-electron chi connectivity index (χ0n) is 11.3. The van der Waals surface area contributed by atoms with Gasteiger partial charge < -0.3 is 9.47 Å². The van der Waals surface area contributed by atoms with Gasteiger partial charge in [-0.15, -0.1) is 11.3 Å². The fraction of sp³-hybridized carbons (Fsp3) is 0.0667. The number of benzene rings is 1. The second kappa shape index (κ2) is 6.67. The third-order valence-corrected chi connectivity index (χ3v) is 5.17. The van der Waals surface area contributed by atoms with Crippen molar-refractivity contribution in [3.05, 3.63) is 52.9 Å². The molecule has 22 heavy (non-hydrogen) atoms. The molecule has 0 saturated heterocycles. The lowest BCUT2D eigenvalue weighted by molar-refractivity contribution is -0.129. The van der Waals surface area contributed by atoms with Gasteiger partial charge in [-0.3, -0.25) is 0 Å². The summed E-state index contributed by atoms with van der Waals surface area (Å²) in [6.45, 7) is 0. The molecule has 0 saturated carbocycles. The number of cyclic esters (lactones) is 1. The first-order valence-electron chi connectivity index (χ1n) is 6.18. The molecule has 0 fully saturated rings. The SMILES string of the molecule is COc1c(I)cc(I)cc1C=C1N=C(c2cccs2)OC1=O. The summed E-state index contributed by atoms with van der Waals surface area (Å²) in [4.78, 5) is 17.1. The maximum absolute atomic E-state index is 12.0. The van der Waals surface area contributed by atoms with Crippen molar-refractivity contribution in [2.45, 2.75) is 0 Å². The third-order valence-electron chi connectivity index (χ3n) is 2.89. The van der Waals surface area contributed by atoms with Gasteiger partial charge in [0.25, 0.3) is 0 Å². The van der Waals surface area contributed by atoms with E-state index in [1.807, 2.05) is 29.6 Å². The molecule has 0 atom stereocenters. The molecule has 1 aliphatic rings. The monoisotopic (exact) mass is 537 g/mol. The Kier molecular flexibility index (Phi) is 4.83. The van der Waals surface area contributed by atoms with Crippen LogP contribution in [0.5, 0.6) is 5.75 Å². The number of ether oxygens (including phenoxy) is 2. The van der Waals surface area contributed by atoms with E-state index >= 15 is 0 Å². The summed E-state index contributed by atoms with van der Waals surface area (Å²) in [5, 5.41) is 1.92. The van der Waals surface area contributed by atoms with Gasteiger partial charge >= 0.3 is 5.97 Å². The van der Waals surface area contributed by atoms with Crippen LogP contribution in [-0.2, 0) is 9.53 Å². The summed E-state index contributed by atoms with van der Waals surface area (Å²) in [7, 11) is 1.61. The maximum Gasteiger partial charge on any atom is 0.363 e. The highest BCUT2D eigenvalue weighted by Gasteiger charge is 2.25. The Morgan fingerprint density at radius 2 is 2.18 bits per heavy atom. The molecule has 4 nitrogen and oxygen atoms in total. The number of nitrogens with zero attached hydrogens (tertiary/aromatic N) is 1. The van der Waals surface area contributed by atoms with Crippen molar-refractivity contribution in [1.29, 1.82) is 0 Å². The Morgan fingerprint density at radius 1 is 1.36 bits per heavy atom. The van der Waals surface area contributed by atoms with Crippen LogP contribution in [-0.4, -0.2) is 19.0 Å². The van der Waals surface area contributed by atoms with Crippen LogP contribution in [0.2, 0.25) is 0 Å². The highest BCUT2D eigenvalue weighted by Crippen LogP contribution is 2.31. The standard InChI is InChI=1S/C15H9I2NO3S/c1-20-13-8(5-9(16)7-10(13)17)6-11-15(19)21-14(18-11)12-3-2-4-22-12/h2-7H,1H3. The molecule has 0 bridgehead atoms. The molecule has 0 radical (unpaired) electrons. The normalized spacial score (nSPS) is 15.9. The fourth-order valence-electron chi connectivity index (χ4n) is 1.96. The van der Waals surface area contributed by atoms with Crippen LogP contribution in [0.25, 0.3) is 6.08 Å². The van der Waals surface area contributed by atoms with Crippen LogP contribution in [0.15, 0.2) is 40.3 Å². The molecule has 7 heteroatoms. The van der Waals surface area contributed by atoms with Crippen molar-refractivity contribution in [3.63, 3.8) is 0 Å². The fourth-order valence-corrected chi connectivity index (χ4v) is 4.72. The zero-order chi connectivity index (χ0) is 15.7. The van der Waals surface area contributed by atoms with Crippen molar-refractivity contribution in [2.75, 3.05) is 7.11 Å². The Balaban J connectivity index is 2.04. The van der Waals surface area contributed by atoms with Gasteiger partial charge in [0, 0.05) is 9.13 Å². The molecule has 0 amide bonds. The molecule has 0 aliphatic carbocycles. The van der Waals surface area contributed by atoms with Crippen LogP contribution < -0.4 is 4.74 Å². The van der Waals surface area contributed by atoms with Gasteiger partial charge in [-0.2, -0.15) is 0 Å². The van der Waals surface area contributed by atoms with Gasteiger partial charge in [-0.1, -0.05) is 6.07 Å². The number of thiophene rings is 1. The molecule has 1 aliphatic heterocycles. The van der Waals surface area contributed by atoms with Gasteiger partial charge in [-0.05, 0) is 74.8 Å². The van der Waals surface area contributed by atoms with E-state index in [1.165, 1.54) is 11.3 Å². The Labute approximate surface area is 158 Å². The first kappa shape index (κ1) is 15.9. The van der Waals surface area contributed by atoms with Gasteiger partial charge in [0.05, 0.1) is 15.6 Å². The van der Waals surface area contributed by atoms with E-state index in [0.717, 1.165) is 23.3 Å². The van der Waals surface area contributed by atoms with Gasteiger partial charge in [0.2, 0.25) is 5.90 Å². The highest BCUT2D eigenvalue weighted by molar-refractivity contribution is 14.1. The molecule has 112 valence electrons. The van der Waals surface area contributed by atoms with E-state index in [2.05, 4.69) is 50.2 Å². The quantitative estimate of drug-likeness (QED) is 0.334. The molecule has 3 rings (SSSR count). The minimum atomic E-state index is -0.445. The smallest absolute Gasteiger partial charge is 0.363 e. The molecular formula is C15H9I2NO3S. The minimum Gasteiger partial charge on any atom is -0.495 e. The van der Waals surface area contributed by atoms with Crippen LogP contribution in [0.4, 0.5) is 0 Å². The summed E-state index contributed by atoms with van der Waals surface area (Å²) in [6, 6.07) is 7.72. The van der Waals surface area contributed by atoms with Gasteiger partial charge in [0.15, 0.2) is 5.70 Å². The Bertz CT molecular complexity index is 797. The summed E-state index contributed by atoms with van der Waals surface area (Å²) < 4.78 is 12.7. The Hall–Kier alpha value is -0.940. The number of carbonyl (C=O) groups excluding carboxylic acids is 1. The number of rotatable bonds is 3. The van der Waals surface area contributed by atoms with E-state index in [4.69, 9.17) is 9.47 Å². The third kappa shape index (κ3) is 3.20. The second-order valence-electron chi connectivity index (χ2n) is 4.32. The molecular weight excluding hydrogens is 528 g/mol. The highest BCUT2D eigenvalue weighted by atomic mass is 127. The molecule has 0 unspecified atom stereocenters. The van der Waals surface area contributed by atoms with Crippen molar-refractivity contribution in [1.82, 2.24) is 0 Å². The predicted octanol–water partition coefficient (Wildman–Crippen LogP) is 4.31. The summed E-state index contributed by atoms with van der Waals surface area (Å²) in [5.74, 6) is 0.631. The van der Waals surface area contributed by atoms with E-state index in [1.54, 1.807) is 13.2 Å². The lowest BCUT2D eigenvalue weighted by Crippen LogP contribution is -2.03. The van der Waals surface area contributed by atoms with Crippen molar-refractivity contribution in [2.24, 2.45) is 4.99 Å². The van der Waals surface area contributed by atoms with E-state index in [9.17, 15) is 4.79 Å². The number of aliphatic imine (C=N–C) groups is 1. The van der Waals surface area contributed by atoms with Crippen molar-refractivity contribution < 1.29 is 14.3 Å². The first-order valence-corrected chi connectivity index (χ1v) is 9.21. The molecule has 0 spiro atoms. The molecule has 2 heterocycles. The number of methoxy groups -OCH3 is 1. The number of esters is 1. The van der Waals surface area contributed by atoms with E-state index in [-0.39, 0.29) is 5.70 Å². The Morgan fingerprint density at radius 3 is 2.86 bits per heavy atom. The largest absolute Gasteiger partial charge is 0.495 e. The summed E-state index contributed by atoms with van der Waals surface area (Å²) in [5.41, 5.74) is 1.08. The van der Waals surface area contributed by atoms with Crippen LogP contribution >= 0.6 is 56.5 Å². The molecule has 1 aromatic heterocycles. The van der Waals surface area contributed by atoms with Crippen molar-refractivity contribution >= 4 is 74.5 Å². The maximum atomic E-state index is 12.0. The molecule has 1 aromatic carbocycles. The number of hydrogen-bond acceptors (Lipinski definition) is 5. The lowest BCUT2D eigenvalue weighted by Gasteiger charge is -2.08. The lowest BCUT2D eigenvalue weighted by atomic mass is 10.1. The van der Waals surface area contributed by atoms with Crippen LogP contribution in [0, 0.1) is 7.14 Å². The topological polar surface area (TPSA) is 47.9 Å². The summed E-state index contributed by atoms with van der Waals surface area (Å²) in [6.07, 6.45) is 1.70. The average molecular weight is 537 g/mol. The van der Waals surface area contributed by atoms with E-state index in [0.29, 0.717) is 5.90 Å². The zero-order valence-corrected chi connectivity index (χ0v) is 16.4. The van der Waals surface area contributed by atoms with Crippen molar-refractivity contribution in [3.8, 4) is 5.75 Å². The summed E-state index contributed by atoms with van der Waals surface area (Å²) >= 11 is 5.92. The number of carbonyl (C=O) groups is 1. The van der Waals surface area contributed by atoms with Crippen LogP contribution in [0.3, 0.4) is 0 Å². The van der Waals surface area contributed by atoms with E-state index < -0.39 is 5.97 Å².